The molecule has 0 aliphatic heterocycles. The summed E-state index contributed by atoms with van der Waals surface area (Å²) in [7, 11) is -1.18. The largest absolute Gasteiger partial charge is 0.377 e. The zero-order valence-electron chi connectivity index (χ0n) is 10.0. The average Bonchev–Trinajstić information content (AvgIpc) is 2.12. The molecule has 1 rings (SSSR count). The van der Waals surface area contributed by atoms with E-state index in [1.165, 1.54) is 6.26 Å². The molecule has 1 aliphatic carbocycles. The van der Waals surface area contributed by atoms with E-state index in [0.29, 0.717) is 6.42 Å². The summed E-state index contributed by atoms with van der Waals surface area (Å²) in [6.07, 6.45) is 5.76. The molecule has 1 aliphatic rings. The van der Waals surface area contributed by atoms with Crippen molar-refractivity contribution in [3.05, 3.63) is 0 Å². The molecule has 0 aromatic carbocycles. The number of sulfone groups is 1. The minimum atomic E-state index is -2.88. The number of methoxy groups -OCH3 is 1. The molecule has 96 valence electrons. The van der Waals surface area contributed by atoms with Crippen LogP contribution in [0, 0.1) is 0 Å². The van der Waals surface area contributed by atoms with Gasteiger partial charge >= 0.3 is 0 Å². The lowest BCUT2D eigenvalue weighted by Crippen LogP contribution is -2.58. The summed E-state index contributed by atoms with van der Waals surface area (Å²) in [5.74, 6) is 5.73. The zero-order chi connectivity index (χ0) is 12.2. The molecule has 1 saturated carbocycles. The number of ether oxygens (including phenoxy) is 1. The zero-order valence-corrected chi connectivity index (χ0v) is 10.8. The molecule has 0 bridgehead atoms. The van der Waals surface area contributed by atoms with Crippen molar-refractivity contribution in [1.82, 2.24) is 5.43 Å². The second-order valence-corrected chi connectivity index (χ2v) is 6.87. The summed E-state index contributed by atoms with van der Waals surface area (Å²) in [6.45, 7) is 0. The highest BCUT2D eigenvalue weighted by Crippen LogP contribution is 2.39. The first-order chi connectivity index (χ1) is 7.43. The predicted molar refractivity (Wildman–Crippen MR) is 63.6 cm³/mol. The summed E-state index contributed by atoms with van der Waals surface area (Å²) in [5, 5.41) is 0. The van der Waals surface area contributed by atoms with E-state index in [1.807, 2.05) is 0 Å². The Morgan fingerprint density at radius 3 is 2.44 bits per heavy atom. The van der Waals surface area contributed by atoms with Crippen molar-refractivity contribution in [2.45, 2.75) is 43.7 Å². The van der Waals surface area contributed by atoms with Crippen molar-refractivity contribution in [3.8, 4) is 0 Å². The second kappa shape index (κ2) is 5.44. The van der Waals surface area contributed by atoms with Crippen LogP contribution in [0.5, 0.6) is 0 Å². The smallest absolute Gasteiger partial charge is 0.147 e. The standard InChI is InChI=1S/C10H22N2O3S/c1-15-10(6-4-7-10)9(12-11)5-3-8-16(2,13)14/h9,12H,3-8,11H2,1-2H3. The Bertz CT molecular complexity index is 307. The van der Waals surface area contributed by atoms with Gasteiger partial charge in [-0.3, -0.25) is 11.3 Å². The molecule has 3 N–H and O–H groups in total. The van der Waals surface area contributed by atoms with E-state index in [2.05, 4.69) is 5.43 Å². The minimum absolute atomic E-state index is 0.0491. The van der Waals surface area contributed by atoms with Crippen LogP contribution in [0.2, 0.25) is 0 Å². The second-order valence-electron chi connectivity index (χ2n) is 4.61. The van der Waals surface area contributed by atoms with Crippen LogP contribution in [0.25, 0.3) is 0 Å². The Morgan fingerprint density at radius 2 is 2.12 bits per heavy atom. The van der Waals surface area contributed by atoms with Gasteiger partial charge < -0.3 is 4.74 Å². The normalized spacial score (nSPS) is 21.4. The summed E-state index contributed by atoms with van der Waals surface area (Å²) < 4.78 is 27.6. The van der Waals surface area contributed by atoms with Crippen molar-refractivity contribution in [1.29, 1.82) is 0 Å². The molecule has 16 heavy (non-hydrogen) atoms. The fourth-order valence-electron chi connectivity index (χ4n) is 2.27. The molecule has 0 radical (unpaired) electrons. The Kier molecular flexibility index (Phi) is 4.73. The highest BCUT2D eigenvalue weighted by Gasteiger charge is 2.43. The summed E-state index contributed by atoms with van der Waals surface area (Å²) in [4.78, 5) is 0. The van der Waals surface area contributed by atoms with E-state index in [0.717, 1.165) is 25.7 Å². The Labute approximate surface area is 97.6 Å². The van der Waals surface area contributed by atoms with Gasteiger partial charge in [0.2, 0.25) is 0 Å². The van der Waals surface area contributed by atoms with Gasteiger partial charge in [-0.1, -0.05) is 0 Å². The van der Waals surface area contributed by atoms with E-state index < -0.39 is 9.84 Å². The molecular weight excluding hydrogens is 228 g/mol. The van der Waals surface area contributed by atoms with Crippen LogP contribution in [-0.2, 0) is 14.6 Å². The van der Waals surface area contributed by atoms with Crippen molar-refractivity contribution in [3.63, 3.8) is 0 Å². The van der Waals surface area contributed by atoms with E-state index >= 15 is 0 Å². The van der Waals surface area contributed by atoms with Crippen molar-refractivity contribution < 1.29 is 13.2 Å². The third kappa shape index (κ3) is 3.41. The van der Waals surface area contributed by atoms with Gasteiger partial charge in [-0.25, -0.2) is 8.42 Å². The van der Waals surface area contributed by atoms with Crippen LogP contribution in [0.1, 0.15) is 32.1 Å². The lowest BCUT2D eigenvalue weighted by Gasteiger charge is -2.46. The monoisotopic (exact) mass is 250 g/mol. The maximum Gasteiger partial charge on any atom is 0.147 e. The number of hydrogen-bond donors (Lipinski definition) is 2. The third-order valence-electron chi connectivity index (χ3n) is 3.45. The highest BCUT2D eigenvalue weighted by atomic mass is 32.2. The maximum atomic E-state index is 11.0. The lowest BCUT2D eigenvalue weighted by atomic mass is 9.73. The van der Waals surface area contributed by atoms with Crippen LogP contribution >= 0.6 is 0 Å². The highest BCUT2D eigenvalue weighted by molar-refractivity contribution is 7.90. The molecule has 0 spiro atoms. The average molecular weight is 250 g/mol. The Morgan fingerprint density at radius 1 is 1.50 bits per heavy atom. The molecule has 1 fully saturated rings. The molecule has 1 atom stereocenters. The van der Waals surface area contributed by atoms with Crippen molar-refractivity contribution >= 4 is 9.84 Å². The van der Waals surface area contributed by atoms with E-state index in [9.17, 15) is 8.42 Å². The molecule has 0 amide bonds. The van der Waals surface area contributed by atoms with Crippen LogP contribution in [0.3, 0.4) is 0 Å². The molecule has 0 aromatic heterocycles. The molecule has 5 nitrogen and oxygen atoms in total. The maximum absolute atomic E-state index is 11.0. The molecule has 1 unspecified atom stereocenters. The molecule has 0 heterocycles. The van der Waals surface area contributed by atoms with Gasteiger partial charge in [0, 0.05) is 19.1 Å². The molecule has 0 saturated heterocycles. The first kappa shape index (κ1) is 13.9. The van der Waals surface area contributed by atoms with Gasteiger partial charge in [-0.2, -0.15) is 0 Å². The summed E-state index contributed by atoms with van der Waals surface area (Å²) >= 11 is 0. The fraction of sp³-hybridized carbons (Fsp3) is 1.00. The van der Waals surface area contributed by atoms with Gasteiger partial charge in [0.05, 0.1) is 11.6 Å². The summed E-state index contributed by atoms with van der Waals surface area (Å²) in [5.41, 5.74) is 2.59. The third-order valence-corrected chi connectivity index (χ3v) is 4.48. The van der Waals surface area contributed by atoms with E-state index in [-0.39, 0.29) is 17.4 Å². The fourth-order valence-corrected chi connectivity index (χ4v) is 2.96. The lowest BCUT2D eigenvalue weighted by molar-refractivity contribution is -0.100. The van der Waals surface area contributed by atoms with E-state index in [1.54, 1.807) is 7.11 Å². The minimum Gasteiger partial charge on any atom is -0.377 e. The van der Waals surface area contributed by atoms with Crippen LogP contribution in [-0.4, -0.2) is 39.2 Å². The topological polar surface area (TPSA) is 81.4 Å². The molecule has 0 aromatic rings. The van der Waals surface area contributed by atoms with Gasteiger partial charge in [-0.05, 0) is 32.1 Å². The van der Waals surface area contributed by atoms with Crippen LogP contribution in [0.4, 0.5) is 0 Å². The number of nitrogens with two attached hydrogens (primary N) is 1. The number of hydrazine groups is 1. The summed E-state index contributed by atoms with van der Waals surface area (Å²) in [6, 6.07) is 0.0491. The Hall–Kier alpha value is -0.170. The van der Waals surface area contributed by atoms with Gasteiger partial charge in [0.15, 0.2) is 0 Å². The van der Waals surface area contributed by atoms with Crippen LogP contribution < -0.4 is 11.3 Å². The number of nitrogens with one attached hydrogen (secondary N) is 1. The van der Waals surface area contributed by atoms with Gasteiger partial charge in [0.25, 0.3) is 0 Å². The quantitative estimate of drug-likeness (QED) is 0.499. The Balaban J connectivity index is 2.43. The first-order valence-electron chi connectivity index (χ1n) is 5.62. The van der Waals surface area contributed by atoms with Crippen LogP contribution in [0.15, 0.2) is 0 Å². The SMILES string of the molecule is COC1(C(CCCS(C)(=O)=O)NN)CCC1. The van der Waals surface area contributed by atoms with E-state index in [4.69, 9.17) is 10.6 Å². The first-order valence-corrected chi connectivity index (χ1v) is 7.68. The van der Waals surface area contributed by atoms with Gasteiger partial charge in [-0.15, -0.1) is 0 Å². The molecular formula is C10H22N2O3S. The van der Waals surface area contributed by atoms with Crippen molar-refractivity contribution in [2.24, 2.45) is 5.84 Å². The number of hydrogen-bond acceptors (Lipinski definition) is 5. The predicted octanol–water partition coefficient (Wildman–Crippen LogP) is 0.212. The van der Waals surface area contributed by atoms with Gasteiger partial charge in [0.1, 0.15) is 9.84 Å². The molecule has 6 heteroatoms. The van der Waals surface area contributed by atoms with Crippen molar-refractivity contribution in [2.75, 3.05) is 19.1 Å². The number of rotatable bonds is 7.